The molecule has 0 saturated carbocycles. The van der Waals surface area contributed by atoms with E-state index in [1.807, 2.05) is 0 Å². The van der Waals surface area contributed by atoms with Gasteiger partial charge in [0.2, 0.25) is 11.9 Å². The van der Waals surface area contributed by atoms with Gasteiger partial charge in [0, 0.05) is 14.1 Å². The fraction of sp³-hybridized carbons (Fsp3) is 0.538. The fourth-order valence-corrected chi connectivity index (χ4v) is 1.72. The number of nitro groups is 1. The second-order valence-electron chi connectivity index (χ2n) is 4.53. The standard InChI is InChI=1S/C13H18N4O6/c1-5-22-11(18)9(12(19)23-6-2)10-8(17(20)21)7-14-13(15-10)16(3)4/h7,9H,5-6H2,1-4H3. The second kappa shape index (κ2) is 8.01. The van der Waals surface area contributed by atoms with Crippen molar-refractivity contribution in [1.82, 2.24) is 9.97 Å². The quantitative estimate of drug-likeness (QED) is 0.307. The lowest BCUT2D eigenvalue weighted by Crippen LogP contribution is -2.28. The monoisotopic (exact) mass is 326 g/mol. The number of hydrogen-bond acceptors (Lipinski definition) is 9. The van der Waals surface area contributed by atoms with E-state index in [1.165, 1.54) is 4.90 Å². The number of ether oxygens (including phenoxy) is 2. The maximum absolute atomic E-state index is 12.1. The summed E-state index contributed by atoms with van der Waals surface area (Å²) in [6, 6.07) is 0. The average molecular weight is 326 g/mol. The third-order valence-corrected chi connectivity index (χ3v) is 2.70. The van der Waals surface area contributed by atoms with Crippen LogP contribution in [0.25, 0.3) is 0 Å². The number of anilines is 1. The zero-order valence-electron chi connectivity index (χ0n) is 13.3. The predicted octanol–water partition coefficient (Wildman–Crippen LogP) is 0.661. The van der Waals surface area contributed by atoms with Crippen LogP contribution in [-0.2, 0) is 19.1 Å². The average Bonchev–Trinajstić information content (AvgIpc) is 2.47. The molecule has 0 radical (unpaired) electrons. The Morgan fingerprint density at radius 2 is 1.78 bits per heavy atom. The van der Waals surface area contributed by atoms with Gasteiger partial charge in [-0.2, -0.15) is 0 Å². The number of hydrogen-bond donors (Lipinski definition) is 0. The zero-order valence-corrected chi connectivity index (χ0v) is 13.3. The minimum absolute atomic E-state index is 0.00809. The van der Waals surface area contributed by atoms with Crippen LogP contribution < -0.4 is 4.90 Å². The van der Waals surface area contributed by atoms with Crippen molar-refractivity contribution in [3.05, 3.63) is 22.0 Å². The number of carbonyl (C=O) groups excluding carboxylic acids is 2. The van der Waals surface area contributed by atoms with Crippen LogP contribution >= 0.6 is 0 Å². The van der Waals surface area contributed by atoms with Crippen molar-refractivity contribution in [2.75, 3.05) is 32.2 Å². The van der Waals surface area contributed by atoms with Crippen LogP contribution in [0.1, 0.15) is 25.5 Å². The molecule has 0 fully saturated rings. The molecular formula is C13H18N4O6. The third kappa shape index (κ3) is 4.34. The first-order chi connectivity index (χ1) is 10.8. The number of esters is 2. The molecule has 0 atom stereocenters. The molecule has 1 aromatic rings. The highest BCUT2D eigenvalue weighted by Gasteiger charge is 2.39. The molecule has 0 unspecified atom stereocenters. The molecule has 10 nitrogen and oxygen atoms in total. The van der Waals surface area contributed by atoms with E-state index >= 15 is 0 Å². The lowest BCUT2D eigenvalue weighted by Gasteiger charge is -2.16. The molecule has 1 rings (SSSR count). The molecular weight excluding hydrogens is 308 g/mol. The van der Waals surface area contributed by atoms with Crippen molar-refractivity contribution in [1.29, 1.82) is 0 Å². The van der Waals surface area contributed by atoms with E-state index in [9.17, 15) is 19.7 Å². The van der Waals surface area contributed by atoms with Crippen LogP contribution in [0, 0.1) is 10.1 Å². The molecule has 10 heteroatoms. The van der Waals surface area contributed by atoms with Crippen LogP contribution in [0.3, 0.4) is 0 Å². The van der Waals surface area contributed by atoms with Gasteiger partial charge >= 0.3 is 17.6 Å². The molecule has 0 bridgehead atoms. The Labute approximate surface area is 132 Å². The van der Waals surface area contributed by atoms with E-state index < -0.39 is 28.5 Å². The number of aromatic nitrogens is 2. The molecule has 0 aliphatic heterocycles. The second-order valence-corrected chi connectivity index (χ2v) is 4.53. The zero-order chi connectivity index (χ0) is 17.6. The summed E-state index contributed by atoms with van der Waals surface area (Å²) in [6.45, 7) is 3.13. The van der Waals surface area contributed by atoms with Crippen LogP contribution in [0.4, 0.5) is 11.6 Å². The predicted molar refractivity (Wildman–Crippen MR) is 79.0 cm³/mol. The lowest BCUT2D eigenvalue weighted by molar-refractivity contribution is -0.386. The summed E-state index contributed by atoms with van der Waals surface area (Å²) in [5, 5.41) is 11.2. The van der Waals surface area contributed by atoms with Gasteiger partial charge in [-0.05, 0) is 13.8 Å². The molecule has 23 heavy (non-hydrogen) atoms. The molecule has 1 aromatic heterocycles. The minimum atomic E-state index is -1.64. The number of rotatable bonds is 7. The molecule has 0 spiro atoms. The first-order valence-electron chi connectivity index (χ1n) is 6.85. The summed E-state index contributed by atoms with van der Waals surface area (Å²) in [7, 11) is 3.24. The van der Waals surface area contributed by atoms with Gasteiger partial charge in [-0.1, -0.05) is 0 Å². The van der Waals surface area contributed by atoms with E-state index in [4.69, 9.17) is 9.47 Å². The van der Waals surface area contributed by atoms with E-state index in [2.05, 4.69) is 9.97 Å². The molecule has 0 aliphatic carbocycles. The first-order valence-corrected chi connectivity index (χ1v) is 6.85. The highest BCUT2D eigenvalue weighted by Crippen LogP contribution is 2.28. The first kappa shape index (κ1) is 18.3. The normalized spacial score (nSPS) is 10.3. The Morgan fingerprint density at radius 3 is 2.17 bits per heavy atom. The van der Waals surface area contributed by atoms with Gasteiger partial charge in [0.1, 0.15) is 11.9 Å². The molecule has 0 N–H and O–H groups in total. The topological polar surface area (TPSA) is 125 Å². The molecule has 0 aliphatic rings. The van der Waals surface area contributed by atoms with Crippen molar-refractivity contribution in [2.45, 2.75) is 19.8 Å². The summed E-state index contributed by atoms with van der Waals surface area (Å²) in [5.74, 6) is -3.45. The van der Waals surface area contributed by atoms with E-state index in [0.717, 1.165) is 6.20 Å². The van der Waals surface area contributed by atoms with E-state index in [0.29, 0.717) is 0 Å². The molecule has 126 valence electrons. The SMILES string of the molecule is CCOC(=O)C(C(=O)OCC)c1nc(N(C)C)ncc1[N+](=O)[O-]. The Kier molecular flexibility index (Phi) is 6.36. The smallest absolute Gasteiger partial charge is 0.326 e. The van der Waals surface area contributed by atoms with Crippen LogP contribution in [0.5, 0.6) is 0 Å². The van der Waals surface area contributed by atoms with E-state index in [-0.39, 0.29) is 24.9 Å². The van der Waals surface area contributed by atoms with Gasteiger partial charge in [0.05, 0.1) is 18.1 Å². The van der Waals surface area contributed by atoms with Crippen molar-refractivity contribution < 1.29 is 24.0 Å². The summed E-state index contributed by atoms with van der Waals surface area (Å²) in [6.07, 6.45) is 0.948. The lowest BCUT2D eigenvalue weighted by atomic mass is 10.0. The van der Waals surface area contributed by atoms with Crippen LogP contribution in [-0.4, -0.2) is 54.1 Å². The Balaban J connectivity index is 3.48. The summed E-state index contributed by atoms with van der Waals surface area (Å²) >= 11 is 0. The maximum atomic E-state index is 12.1. The number of carbonyl (C=O) groups is 2. The van der Waals surface area contributed by atoms with Crippen molar-refractivity contribution >= 4 is 23.6 Å². The Morgan fingerprint density at radius 1 is 1.26 bits per heavy atom. The Hall–Kier alpha value is -2.78. The van der Waals surface area contributed by atoms with E-state index in [1.54, 1.807) is 27.9 Å². The maximum Gasteiger partial charge on any atom is 0.326 e. The largest absolute Gasteiger partial charge is 0.465 e. The van der Waals surface area contributed by atoms with Crippen molar-refractivity contribution in [3.63, 3.8) is 0 Å². The summed E-state index contributed by atoms with van der Waals surface area (Å²) in [4.78, 5) is 43.9. The van der Waals surface area contributed by atoms with Gasteiger partial charge in [-0.15, -0.1) is 0 Å². The minimum Gasteiger partial charge on any atom is -0.465 e. The molecule has 0 aromatic carbocycles. The van der Waals surface area contributed by atoms with Crippen LogP contribution in [0.2, 0.25) is 0 Å². The number of nitrogens with zero attached hydrogens (tertiary/aromatic N) is 4. The third-order valence-electron chi connectivity index (χ3n) is 2.70. The van der Waals surface area contributed by atoms with Crippen molar-refractivity contribution in [3.8, 4) is 0 Å². The Bertz CT molecular complexity index is 586. The highest BCUT2D eigenvalue weighted by atomic mass is 16.6. The molecule has 0 saturated heterocycles. The van der Waals surface area contributed by atoms with Gasteiger partial charge in [-0.25, -0.2) is 9.97 Å². The van der Waals surface area contributed by atoms with Gasteiger partial charge in [0.25, 0.3) is 0 Å². The molecule has 1 heterocycles. The summed E-state index contributed by atoms with van der Waals surface area (Å²) in [5.41, 5.74) is -0.910. The highest BCUT2D eigenvalue weighted by molar-refractivity contribution is 6.01. The fourth-order valence-electron chi connectivity index (χ4n) is 1.72. The van der Waals surface area contributed by atoms with Gasteiger partial charge in [-0.3, -0.25) is 19.7 Å². The van der Waals surface area contributed by atoms with Gasteiger partial charge in [0.15, 0.2) is 0 Å². The van der Waals surface area contributed by atoms with Gasteiger partial charge < -0.3 is 14.4 Å². The van der Waals surface area contributed by atoms with Crippen molar-refractivity contribution in [2.24, 2.45) is 0 Å². The van der Waals surface area contributed by atoms with Crippen LogP contribution in [0.15, 0.2) is 6.20 Å². The summed E-state index contributed by atoms with van der Waals surface area (Å²) < 4.78 is 9.65. The molecule has 0 amide bonds.